The van der Waals surface area contributed by atoms with Gasteiger partial charge in [0.05, 0.1) is 21.8 Å². The van der Waals surface area contributed by atoms with Crippen LogP contribution in [0.5, 0.6) is 0 Å². The number of benzene rings is 1. The number of hydrogen-bond acceptors (Lipinski definition) is 6. The zero-order chi connectivity index (χ0) is 12.8. The van der Waals surface area contributed by atoms with Crippen LogP contribution in [0.25, 0.3) is 0 Å². The first kappa shape index (κ1) is 12.8. The molecule has 0 saturated heterocycles. The lowest BCUT2D eigenvalue weighted by molar-refractivity contribution is -0.393. The molecule has 0 atom stereocenters. The largest absolute Gasteiger partial charge is 0.301 e. The molecular weight excluding hydrogens is 252 g/mol. The molecule has 0 heterocycles. The van der Waals surface area contributed by atoms with Gasteiger partial charge in [0.25, 0.3) is 5.69 Å². The number of nitrogens with one attached hydrogen (secondary N) is 1. The summed E-state index contributed by atoms with van der Waals surface area (Å²) >= 11 is 5.32. The van der Waals surface area contributed by atoms with Crippen LogP contribution in [0.3, 0.4) is 0 Å². The lowest BCUT2D eigenvalue weighted by Crippen LogP contribution is -1.98. The summed E-state index contributed by atoms with van der Waals surface area (Å²) in [4.78, 5) is 19.7. The maximum Gasteiger partial charge on any atom is 0.301 e. The molecule has 0 aromatic heterocycles. The molecule has 0 fully saturated rings. The van der Waals surface area contributed by atoms with Gasteiger partial charge in [-0.15, -0.1) is 11.6 Å². The van der Waals surface area contributed by atoms with Crippen LogP contribution >= 0.6 is 11.6 Å². The minimum absolute atomic E-state index is 0.0574. The fraction of sp³-hybridized carbons (Fsp3) is 0.125. The van der Waals surface area contributed by atoms with Gasteiger partial charge >= 0.3 is 5.69 Å². The van der Waals surface area contributed by atoms with Crippen molar-refractivity contribution in [3.8, 4) is 0 Å². The first-order chi connectivity index (χ1) is 8.06. The van der Waals surface area contributed by atoms with Gasteiger partial charge in [0, 0.05) is 12.3 Å². The molecule has 90 valence electrons. The summed E-state index contributed by atoms with van der Waals surface area (Å²) in [6, 6.07) is 3.21. The topological polar surface area (TPSA) is 111 Å². The SMILES string of the molecule is O=[N+]([O-])c1ccc(NN=CCCl)c([N+](=O)[O-])c1. The van der Waals surface area contributed by atoms with Crippen LogP contribution < -0.4 is 5.43 Å². The quantitative estimate of drug-likeness (QED) is 0.376. The van der Waals surface area contributed by atoms with E-state index in [1.54, 1.807) is 0 Å². The monoisotopic (exact) mass is 258 g/mol. The average molecular weight is 259 g/mol. The number of hydrazone groups is 1. The number of rotatable bonds is 5. The highest BCUT2D eigenvalue weighted by molar-refractivity contribution is 6.24. The van der Waals surface area contributed by atoms with E-state index in [0.717, 1.165) is 12.1 Å². The summed E-state index contributed by atoms with van der Waals surface area (Å²) in [7, 11) is 0. The summed E-state index contributed by atoms with van der Waals surface area (Å²) in [6.45, 7) is 0. The van der Waals surface area contributed by atoms with Gasteiger partial charge in [0.1, 0.15) is 5.69 Å². The normalized spacial score (nSPS) is 10.4. The van der Waals surface area contributed by atoms with E-state index in [1.165, 1.54) is 12.3 Å². The van der Waals surface area contributed by atoms with Crippen molar-refractivity contribution >= 4 is 34.9 Å². The van der Waals surface area contributed by atoms with Crippen LogP contribution in [0, 0.1) is 20.2 Å². The van der Waals surface area contributed by atoms with Crippen LogP contribution in [0.1, 0.15) is 0 Å². The van der Waals surface area contributed by atoms with E-state index in [0.29, 0.717) is 0 Å². The van der Waals surface area contributed by atoms with Crippen molar-refractivity contribution in [2.75, 3.05) is 11.3 Å². The molecule has 0 amide bonds. The third kappa shape index (κ3) is 3.38. The number of anilines is 1. The number of hydrogen-bond donors (Lipinski definition) is 1. The van der Waals surface area contributed by atoms with Crippen LogP contribution in [0.4, 0.5) is 17.1 Å². The van der Waals surface area contributed by atoms with Gasteiger partial charge in [0.15, 0.2) is 0 Å². The number of halogens is 1. The molecule has 0 saturated carbocycles. The number of nitro groups is 2. The third-order valence-corrected chi connectivity index (χ3v) is 1.87. The Morgan fingerprint density at radius 1 is 1.35 bits per heavy atom. The lowest BCUT2D eigenvalue weighted by atomic mass is 10.2. The fourth-order valence-electron chi connectivity index (χ4n) is 1.03. The van der Waals surface area contributed by atoms with Crippen molar-refractivity contribution in [1.29, 1.82) is 0 Å². The first-order valence-corrected chi connectivity index (χ1v) is 4.86. The maximum atomic E-state index is 10.7. The van der Waals surface area contributed by atoms with E-state index >= 15 is 0 Å². The smallest absolute Gasteiger partial charge is 0.272 e. The Labute approximate surface area is 100 Å². The van der Waals surface area contributed by atoms with E-state index in [-0.39, 0.29) is 17.3 Å². The molecule has 1 aromatic rings. The molecule has 0 radical (unpaired) electrons. The standard InChI is InChI=1S/C8H7ClN4O4/c9-3-4-10-11-7-2-1-6(12(14)15)5-8(7)13(16)17/h1-2,4-5,11H,3H2. The summed E-state index contributed by atoms with van der Waals surface area (Å²) in [6.07, 6.45) is 1.30. The Hall–Kier alpha value is -2.22. The van der Waals surface area contributed by atoms with Crippen LogP contribution in [0.2, 0.25) is 0 Å². The van der Waals surface area contributed by atoms with Crippen molar-refractivity contribution in [2.45, 2.75) is 0 Å². The van der Waals surface area contributed by atoms with Gasteiger partial charge in [0.2, 0.25) is 0 Å². The average Bonchev–Trinajstić information content (AvgIpc) is 2.29. The molecule has 0 bridgehead atoms. The molecule has 0 aliphatic heterocycles. The van der Waals surface area contributed by atoms with E-state index < -0.39 is 15.5 Å². The highest BCUT2D eigenvalue weighted by atomic mass is 35.5. The molecule has 17 heavy (non-hydrogen) atoms. The third-order valence-electron chi connectivity index (χ3n) is 1.73. The number of alkyl halides is 1. The number of non-ortho nitro benzene ring substituents is 1. The van der Waals surface area contributed by atoms with Crippen LogP contribution in [-0.4, -0.2) is 21.9 Å². The zero-order valence-corrected chi connectivity index (χ0v) is 9.13. The van der Waals surface area contributed by atoms with Crippen molar-refractivity contribution in [2.24, 2.45) is 5.10 Å². The number of nitrogens with zero attached hydrogens (tertiary/aromatic N) is 3. The van der Waals surface area contributed by atoms with E-state index in [4.69, 9.17) is 11.6 Å². The molecule has 1 rings (SSSR count). The molecular formula is C8H7ClN4O4. The minimum atomic E-state index is -0.731. The Morgan fingerprint density at radius 2 is 2.06 bits per heavy atom. The van der Waals surface area contributed by atoms with Crippen molar-refractivity contribution in [3.05, 3.63) is 38.4 Å². The second-order valence-electron chi connectivity index (χ2n) is 2.79. The molecule has 0 spiro atoms. The predicted octanol–water partition coefficient (Wildman–Crippen LogP) is 2.14. The lowest BCUT2D eigenvalue weighted by Gasteiger charge is -2.01. The first-order valence-electron chi connectivity index (χ1n) is 4.32. The molecule has 1 N–H and O–H groups in total. The maximum absolute atomic E-state index is 10.7. The summed E-state index contributed by atoms with van der Waals surface area (Å²) in [5, 5.41) is 24.8. The summed E-state index contributed by atoms with van der Waals surface area (Å²) in [5.74, 6) is 0.147. The van der Waals surface area contributed by atoms with Gasteiger partial charge in [-0.25, -0.2) is 0 Å². The minimum Gasteiger partial charge on any atom is -0.272 e. The summed E-state index contributed by atoms with van der Waals surface area (Å²) in [5.41, 5.74) is 1.66. The van der Waals surface area contributed by atoms with Crippen LogP contribution in [-0.2, 0) is 0 Å². The summed E-state index contributed by atoms with van der Waals surface area (Å²) < 4.78 is 0. The van der Waals surface area contributed by atoms with Crippen molar-refractivity contribution < 1.29 is 9.85 Å². The van der Waals surface area contributed by atoms with Crippen molar-refractivity contribution in [3.63, 3.8) is 0 Å². The van der Waals surface area contributed by atoms with Gasteiger partial charge < -0.3 is 0 Å². The fourth-order valence-corrected chi connectivity index (χ4v) is 1.10. The van der Waals surface area contributed by atoms with Gasteiger partial charge in [-0.2, -0.15) is 5.10 Å². The van der Waals surface area contributed by atoms with Crippen molar-refractivity contribution in [1.82, 2.24) is 0 Å². The van der Waals surface area contributed by atoms with E-state index in [9.17, 15) is 20.2 Å². The predicted molar refractivity (Wildman–Crippen MR) is 62.6 cm³/mol. The molecule has 0 unspecified atom stereocenters. The molecule has 9 heteroatoms. The Balaban J connectivity index is 3.08. The molecule has 1 aromatic carbocycles. The zero-order valence-electron chi connectivity index (χ0n) is 8.37. The Morgan fingerprint density at radius 3 is 2.59 bits per heavy atom. The molecule has 0 aliphatic carbocycles. The van der Waals surface area contributed by atoms with Gasteiger partial charge in [-0.1, -0.05) is 0 Å². The highest BCUT2D eigenvalue weighted by Gasteiger charge is 2.18. The van der Waals surface area contributed by atoms with Crippen LogP contribution in [0.15, 0.2) is 23.3 Å². The second-order valence-corrected chi connectivity index (χ2v) is 3.10. The Bertz CT molecular complexity index is 477. The molecule has 8 nitrogen and oxygen atoms in total. The Kier molecular flexibility index (Phi) is 4.35. The van der Waals surface area contributed by atoms with E-state index in [1.807, 2.05) is 0 Å². The van der Waals surface area contributed by atoms with Gasteiger partial charge in [-0.3, -0.25) is 25.7 Å². The number of nitro benzene ring substituents is 2. The van der Waals surface area contributed by atoms with E-state index in [2.05, 4.69) is 10.5 Å². The molecule has 0 aliphatic rings. The highest BCUT2D eigenvalue weighted by Crippen LogP contribution is 2.28. The van der Waals surface area contributed by atoms with Gasteiger partial charge in [-0.05, 0) is 6.07 Å². The second kappa shape index (κ2) is 5.75.